The van der Waals surface area contributed by atoms with Gasteiger partial charge in [-0.2, -0.15) is 0 Å². The van der Waals surface area contributed by atoms with Crippen LogP contribution in [0, 0.1) is 6.42 Å². The molecule has 0 fully saturated rings. The van der Waals surface area contributed by atoms with E-state index in [1.54, 1.807) is 0 Å². The third-order valence-electron chi connectivity index (χ3n) is 1.64. The van der Waals surface area contributed by atoms with Crippen LogP contribution in [0.1, 0.15) is 18.1 Å². The molecule has 0 saturated heterocycles. The maximum atomic E-state index is 3.68. The van der Waals surface area contributed by atoms with Crippen molar-refractivity contribution < 1.29 is 0 Å². The van der Waals surface area contributed by atoms with E-state index in [9.17, 15) is 0 Å². The fraction of sp³-hybridized carbons (Fsp3) is 0.0833. The van der Waals surface area contributed by atoms with Gasteiger partial charge in [0, 0.05) is 6.42 Å². The van der Waals surface area contributed by atoms with Gasteiger partial charge in [-0.1, -0.05) is 42.5 Å². The first-order valence-electron chi connectivity index (χ1n) is 4.06. The van der Waals surface area contributed by atoms with Crippen molar-refractivity contribution >= 4 is 6.08 Å². The largest absolute Gasteiger partial charge is 0.102 e. The standard InChI is InChI=1S/C12H13/c1-3-7-11-9-5-6-10-12(11)8-4-2/h3-10H,1H2,2H3/b8-4-. The second-order valence-electron chi connectivity index (χ2n) is 2.53. The number of allylic oxidation sites excluding steroid dienone is 2. The Bertz CT molecular complexity index is 282. The maximum absolute atomic E-state index is 3.68. The van der Waals surface area contributed by atoms with E-state index in [-0.39, 0.29) is 0 Å². The third-order valence-corrected chi connectivity index (χ3v) is 1.64. The highest BCUT2D eigenvalue weighted by molar-refractivity contribution is 5.56. The SMILES string of the molecule is C=C[CH]c1ccccc1/C=C\C. The van der Waals surface area contributed by atoms with Crippen LogP contribution in [-0.2, 0) is 0 Å². The molecule has 0 atom stereocenters. The first kappa shape index (κ1) is 8.79. The van der Waals surface area contributed by atoms with Crippen LogP contribution >= 0.6 is 0 Å². The van der Waals surface area contributed by atoms with Gasteiger partial charge >= 0.3 is 0 Å². The normalized spacial score (nSPS) is 10.4. The van der Waals surface area contributed by atoms with Crippen molar-refractivity contribution in [1.29, 1.82) is 0 Å². The summed E-state index contributed by atoms with van der Waals surface area (Å²) in [5, 5.41) is 0. The zero-order valence-corrected chi connectivity index (χ0v) is 7.33. The zero-order chi connectivity index (χ0) is 8.81. The average molecular weight is 157 g/mol. The van der Waals surface area contributed by atoms with Gasteiger partial charge < -0.3 is 0 Å². The monoisotopic (exact) mass is 157 g/mol. The Morgan fingerprint density at radius 3 is 2.42 bits per heavy atom. The highest BCUT2D eigenvalue weighted by atomic mass is 14.0. The second kappa shape index (κ2) is 4.55. The van der Waals surface area contributed by atoms with Gasteiger partial charge in [0.25, 0.3) is 0 Å². The molecule has 1 rings (SSSR count). The number of hydrogen-bond acceptors (Lipinski definition) is 0. The Morgan fingerprint density at radius 2 is 1.83 bits per heavy atom. The topological polar surface area (TPSA) is 0 Å². The summed E-state index contributed by atoms with van der Waals surface area (Å²) >= 11 is 0. The first-order chi connectivity index (χ1) is 5.88. The summed E-state index contributed by atoms with van der Waals surface area (Å²) in [6.45, 7) is 5.70. The Labute approximate surface area is 74.2 Å². The van der Waals surface area contributed by atoms with Gasteiger partial charge in [-0.3, -0.25) is 0 Å². The molecule has 0 aliphatic heterocycles. The lowest BCUT2D eigenvalue weighted by Gasteiger charge is -2.00. The maximum Gasteiger partial charge on any atom is 0.0125 e. The molecule has 0 unspecified atom stereocenters. The molecule has 0 bridgehead atoms. The quantitative estimate of drug-likeness (QED) is 0.630. The van der Waals surface area contributed by atoms with Crippen molar-refractivity contribution in [2.75, 3.05) is 0 Å². The minimum atomic E-state index is 1.21. The molecule has 0 spiro atoms. The summed E-state index contributed by atoms with van der Waals surface area (Å²) in [5.41, 5.74) is 2.45. The van der Waals surface area contributed by atoms with E-state index < -0.39 is 0 Å². The summed E-state index contributed by atoms with van der Waals surface area (Å²) in [6.07, 6.45) is 7.95. The molecule has 0 amide bonds. The van der Waals surface area contributed by atoms with E-state index >= 15 is 0 Å². The molecule has 1 aromatic rings. The van der Waals surface area contributed by atoms with Crippen molar-refractivity contribution in [3.05, 3.63) is 60.5 Å². The lowest BCUT2D eigenvalue weighted by atomic mass is 10.0. The summed E-state index contributed by atoms with van der Waals surface area (Å²) in [6, 6.07) is 8.24. The van der Waals surface area contributed by atoms with Crippen LogP contribution in [0.3, 0.4) is 0 Å². The predicted octanol–water partition coefficient (Wildman–Crippen LogP) is 3.46. The molecule has 1 aromatic carbocycles. The molecule has 0 nitrogen and oxygen atoms in total. The van der Waals surface area contributed by atoms with Gasteiger partial charge in [0.15, 0.2) is 0 Å². The van der Waals surface area contributed by atoms with Crippen LogP contribution in [0.15, 0.2) is 43.0 Å². The molecule has 0 aromatic heterocycles. The second-order valence-corrected chi connectivity index (χ2v) is 2.53. The van der Waals surface area contributed by atoms with E-state index in [4.69, 9.17) is 0 Å². The molecule has 61 valence electrons. The van der Waals surface area contributed by atoms with E-state index in [0.717, 1.165) is 0 Å². The molecule has 0 aliphatic carbocycles. The fourth-order valence-electron chi connectivity index (χ4n) is 1.12. The molecule has 1 radical (unpaired) electrons. The molecule has 0 heteroatoms. The van der Waals surface area contributed by atoms with Gasteiger partial charge in [0.2, 0.25) is 0 Å². The fourth-order valence-corrected chi connectivity index (χ4v) is 1.12. The summed E-state index contributed by atoms with van der Waals surface area (Å²) in [4.78, 5) is 0. The Hall–Kier alpha value is -1.30. The van der Waals surface area contributed by atoms with Gasteiger partial charge in [0.1, 0.15) is 0 Å². The van der Waals surface area contributed by atoms with Crippen LogP contribution in [0.25, 0.3) is 6.08 Å². The van der Waals surface area contributed by atoms with Crippen molar-refractivity contribution in [2.45, 2.75) is 6.92 Å². The number of hydrogen-bond donors (Lipinski definition) is 0. The van der Waals surface area contributed by atoms with Gasteiger partial charge in [0.05, 0.1) is 0 Å². The number of benzene rings is 1. The summed E-state index contributed by atoms with van der Waals surface area (Å²) in [7, 11) is 0. The molecule has 12 heavy (non-hydrogen) atoms. The lowest BCUT2D eigenvalue weighted by molar-refractivity contribution is 1.49. The first-order valence-corrected chi connectivity index (χ1v) is 4.06. The van der Waals surface area contributed by atoms with Crippen LogP contribution in [0.4, 0.5) is 0 Å². The van der Waals surface area contributed by atoms with Crippen LogP contribution in [0.5, 0.6) is 0 Å². The van der Waals surface area contributed by atoms with E-state index in [1.165, 1.54) is 11.1 Å². The number of rotatable bonds is 3. The Morgan fingerprint density at radius 1 is 1.17 bits per heavy atom. The molecular weight excluding hydrogens is 144 g/mol. The van der Waals surface area contributed by atoms with Crippen molar-refractivity contribution in [3.8, 4) is 0 Å². The molecule has 0 saturated carbocycles. The highest BCUT2D eigenvalue weighted by Crippen LogP contribution is 2.12. The zero-order valence-electron chi connectivity index (χ0n) is 7.33. The molecule has 0 aliphatic rings. The Kier molecular flexibility index (Phi) is 3.34. The summed E-state index contributed by atoms with van der Waals surface area (Å²) in [5.74, 6) is 0. The Balaban J connectivity index is 2.99. The van der Waals surface area contributed by atoms with Gasteiger partial charge in [-0.15, -0.1) is 6.58 Å². The van der Waals surface area contributed by atoms with E-state index in [2.05, 4.69) is 24.8 Å². The van der Waals surface area contributed by atoms with Crippen molar-refractivity contribution in [3.63, 3.8) is 0 Å². The molecule has 0 heterocycles. The predicted molar refractivity (Wildman–Crippen MR) is 54.7 cm³/mol. The average Bonchev–Trinajstić information content (AvgIpc) is 2.09. The minimum absolute atomic E-state index is 1.21. The van der Waals surface area contributed by atoms with Crippen LogP contribution < -0.4 is 0 Å². The van der Waals surface area contributed by atoms with Gasteiger partial charge in [-0.05, 0) is 18.1 Å². The van der Waals surface area contributed by atoms with E-state index in [0.29, 0.717) is 0 Å². The smallest absolute Gasteiger partial charge is 0.0125 e. The molecule has 0 N–H and O–H groups in total. The van der Waals surface area contributed by atoms with Crippen LogP contribution in [0.2, 0.25) is 0 Å². The highest BCUT2D eigenvalue weighted by Gasteiger charge is 1.94. The molecular formula is C12H13. The lowest BCUT2D eigenvalue weighted by Crippen LogP contribution is -1.82. The minimum Gasteiger partial charge on any atom is -0.102 e. The summed E-state index contributed by atoms with van der Waals surface area (Å²) < 4.78 is 0. The van der Waals surface area contributed by atoms with E-state index in [1.807, 2.05) is 37.6 Å². The van der Waals surface area contributed by atoms with Gasteiger partial charge in [-0.25, -0.2) is 0 Å². The van der Waals surface area contributed by atoms with Crippen LogP contribution in [-0.4, -0.2) is 0 Å². The van der Waals surface area contributed by atoms with Crippen molar-refractivity contribution in [2.24, 2.45) is 0 Å². The third kappa shape index (κ3) is 2.09. The van der Waals surface area contributed by atoms with Crippen molar-refractivity contribution in [1.82, 2.24) is 0 Å².